The van der Waals surface area contributed by atoms with Crippen molar-refractivity contribution in [3.8, 4) is 22.4 Å². The summed E-state index contributed by atoms with van der Waals surface area (Å²) in [5.74, 6) is 1.60. The lowest BCUT2D eigenvalue weighted by Gasteiger charge is -2.10. The maximum atomic E-state index is 4.64. The van der Waals surface area contributed by atoms with Crippen LogP contribution in [0.4, 0.5) is 5.82 Å². The van der Waals surface area contributed by atoms with E-state index < -0.39 is 0 Å². The lowest BCUT2D eigenvalue weighted by atomic mass is 10.0. The second kappa shape index (κ2) is 8.40. The Labute approximate surface area is 181 Å². The molecule has 152 valence electrons. The Balaban J connectivity index is 1.30. The van der Waals surface area contributed by atoms with Crippen LogP contribution in [0.5, 0.6) is 0 Å². The van der Waals surface area contributed by atoms with Crippen LogP contribution in [0.2, 0.25) is 0 Å². The van der Waals surface area contributed by atoms with Crippen LogP contribution in [-0.4, -0.2) is 26.5 Å². The number of aromatic amines is 1. The second-order valence-corrected chi connectivity index (χ2v) is 7.58. The van der Waals surface area contributed by atoms with Gasteiger partial charge in [0.1, 0.15) is 11.6 Å². The average molecular weight is 406 g/mol. The fourth-order valence-corrected chi connectivity index (χ4v) is 3.79. The number of rotatable bonds is 6. The third-order valence-corrected chi connectivity index (χ3v) is 5.33. The standard InChI is InChI=1S/C26H23N5/c1-18-30-25(22-8-7-20-10-13-28-24(20)15-22)16-26(31-18)29-12-9-19-4-2-5-21(14-19)23-6-3-11-27-17-23/h2-8,10-11,13-17,28H,9,12H2,1H3,(H,29,30,31). The molecule has 2 N–H and O–H groups in total. The number of fused-ring (bicyclic) bond motifs is 1. The molecule has 0 aliphatic carbocycles. The largest absolute Gasteiger partial charge is 0.370 e. The number of anilines is 1. The van der Waals surface area contributed by atoms with Gasteiger partial charge in [0.2, 0.25) is 0 Å². The van der Waals surface area contributed by atoms with E-state index in [0.717, 1.165) is 46.9 Å². The number of hydrogen-bond acceptors (Lipinski definition) is 4. The highest BCUT2D eigenvalue weighted by Crippen LogP contribution is 2.24. The Morgan fingerprint density at radius 2 is 1.81 bits per heavy atom. The molecule has 0 spiro atoms. The van der Waals surface area contributed by atoms with Gasteiger partial charge >= 0.3 is 0 Å². The number of aromatic nitrogens is 4. The number of hydrogen-bond donors (Lipinski definition) is 2. The van der Waals surface area contributed by atoms with E-state index in [4.69, 9.17) is 0 Å². The first-order valence-electron chi connectivity index (χ1n) is 10.4. The topological polar surface area (TPSA) is 66.5 Å². The summed E-state index contributed by atoms with van der Waals surface area (Å²) in [6, 6.07) is 23.1. The van der Waals surface area contributed by atoms with E-state index >= 15 is 0 Å². The molecule has 0 amide bonds. The van der Waals surface area contributed by atoms with Crippen molar-refractivity contribution in [2.75, 3.05) is 11.9 Å². The first kappa shape index (κ1) is 19.0. The zero-order valence-electron chi connectivity index (χ0n) is 17.3. The molecule has 0 saturated heterocycles. The van der Waals surface area contributed by atoms with Crippen LogP contribution in [0.25, 0.3) is 33.3 Å². The van der Waals surface area contributed by atoms with E-state index in [1.165, 1.54) is 16.5 Å². The summed E-state index contributed by atoms with van der Waals surface area (Å²) in [5.41, 5.74) is 6.70. The van der Waals surface area contributed by atoms with E-state index in [0.29, 0.717) is 0 Å². The molecular weight excluding hydrogens is 382 g/mol. The van der Waals surface area contributed by atoms with Gasteiger partial charge in [0.05, 0.1) is 5.69 Å². The highest BCUT2D eigenvalue weighted by Gasteiger charge is 2.07. The van der Waals surface area contributed by atoms with Crippen LogP contribution >= 0.6 is 0 Å². The van der Waals surface area contributed by atoms with Crippen LogP contribution in [-0.2, 0) is 6.42 Å². The highest BCUT2D eigenvalue weighted by atomic mass is 15.0. The first-order valence-corrected chi connectivity index (χ1v) is 10.4. The Bertz CT molecular complexity index is 1320. The van der Waals surface area contributed by atoms with Crippen molar-refractivity contribution in [3.05, 3.63) is 96.7 Å². The maximum Gasteiger partial charge on any atom is 0.130 e. The number of H-pyrrole nitrogens is 1. The van der Waals surface area contributed by atoms with E-state index in [1.807, 2.05) is 31.5 Å². The molecule has 5 heteroatoms. The molecule has 2 aromatic carbocycles. The van der Waals surface area contributed by atoms with Crippen LogP contribution < -0.4 is 5.32 Å². The molecule has 0 unspecified atom stereocenters. The average Bonchev–Trinajstić information content (AvgIpc) is 3.28. The Hall–Kier alpha value is -3.99. The van der Waals surface area contributed by atoms with Gasteiger partial charge in [0, 0.05) is 42.3 Å². The summed E-state index contributed by atoms with van der Waals surface area (Å²) in [5, 5.41) is 4.66. The molecule has 0 bridgehead atoms. The fraction of sp³-hybridized carbons (Fsp3) is 0.115. The maximum absolute atomic E-state index is 4.64. The first-order chi connectivity index (χ1) is 15.2. The molecule has 3 heterocycles. The molecule has 0 atom stereocenters. The van der Waals surface area contributed by atoms with Gasteiger partial charge < -0.3 is 10.3 Å². The molecular formula is C26H23N5. The van der Waals surface area contributed by atoms with Gasteiger partial charge in [-0.1, -0.05) is 42.5 Å². The normalized spacial score (nSPS) is 11.0. The van der Waals surface area contributed by atoms with Crippen LogP contribution in [0.1, 0.15) is 11.4 Å². The summed E-state index contributed by atoms with van der Waals surface area (Å²) in [4.78, 5) is 16.7. The lowest BCUT2D eigenvalue weighted by Crippen LogP contribution is -2.08. The van der Waals surface area contributed by atoms with Crippen molar-refractivity contribution in [1.82, 2.24) is 19.9 Å². The van der Waals surface area contributed by atoms with Crippen LogP contribution in [0, 0.1) is 6.92 Å². The molecule has 0 aliphatic heterocycles. The molecule has 5 rings (SSSR count). The molecule has 5 aromatic rings. The molecule has 3 aromatic heterocycles. The quantitative estimate of drug-likeness (QED) is 0.383. The van der Waals surface area contributed by atoms with Gasteiger partial charge in [0.25, 0.3) is 0 Å². The third-order valence-electron chi connectivity index (χ3n) is 5.33. The van der Waals surface area contributed by atoms with Gasteiger partial charge in [-0.15, -0.1) is 0 Å². The molecule has 0 fully saturated rings. The van der Waals surface area contributed by atoms with Crippen molar-refractivity contribution in [2.45, 2.75) is 13.3 Å². The van der Waals surface area contributed by atoms with E-state index in [2.05, 4.69) is 79.9 Å². The SMILES string of the molecule is Cc1nc(NCCc2cccc(-c3cccnc3)c2)cc(-c2ccc3cc[nH]c3c2)n1. The predicted octanol–water partition coefficient (Wildman–Crippen LogP) is 5.65. The number of benzene rings is 2. The zero-order chi connectivity index (χ0) is 21.0. The van der Waals surface area contributed by atoms with Crippen molar-refractivity contribution in [3.63, 3.8) is 0 Å². The molecule has 0 aliphatic rings. The van der Waals surface area contributed by atoms with Crippen molar-refractivity contribution < 1.29 is 0 Å². The minimum atomic E-state index is 0.755. The van der Waals surface area contributed by atoms with Gasteiger partial charge in [-0.3, -0.25) is 4.98 Å². The third kappa shape index (κ3) is 4.31. The summed E-state index contributed by atoms with van der Waals surface area (Å²) in [6.45, 7) is 2.72. The van der Waals surface area contributed by atoms with Crippen LogP contribution in [0.15, 0.2) is 85.3 Å². The summed E-state index contributed by atoms with van der Waals surface area (Å²) < 4.78 is 0. The second-order valence-electron chi connectivity index (χ2n) is 7.58. The van der Waals surface area contributed by atoms with Gasteiger partial charge in [-0.05, 0) is 53.6 Å². The van der Waals surface area contributed by atoms with Crippen LogP contribution in [0.3, 0.4) is 0 Å². The summed E-state index contributed by atoms with van der Waals surface area (Å²) in [7, 11) is 0. The number of nitrogens with zero attached hydrogens (tertiary/aromatic N) is 3. The van der Waals surface area contributed by atoms with Gasteiger partial charge in [-0.2, -0.15) is 0 Å². The number of pyridine rings is 1. The van der Waals surface area contributed by atoms with Gasteiger partial charge in [0.15, 0.2) is 0 Å². The fourth-order valence-electron chi connectivity index (χ4n) is 3.79. The van der Waals surface area contributed by atoms with Crippen molar-refractivity contribution >= 4 is 16.7 Å². The summed E-state index contributed by atoms with van der Waals surface area (Å²) >= 11 is 0. The molecule has 5 nitrogen and oxygen atoms in total. The monoisotopic (exact) mass is 405 g/mol. The molecule has 0 radical (unpaired) electrons. The smallest absolute Gasteiger partial charge is 0.130 e. The Morgan fingerprint density at radius 3 is 2.71 bits per heavy atom. The minimum absolute atomic E-state index is 0.755. The summed E-state index contributed by atoms with van der Waals surface area (Å²) in [6.07, 6.45) is 6.55. The molecule has 31 heavy (non-hydrogen) atoms. The predicted molar refractivity (Wildman–Crippen MR) is 126 cm³/mol. The molecule has 0 saturated carbocycles. The van der Waals surface area contributed by atoms with E-state index in [1.54, 1.807) is 6.20 Å². The van der Waals surface area contributed by atoms with Crippen molar-refractivity contribution in [1.29, 1.82) is 0 Å². The Kier molecular flexibility index (Phi) is 5.15. The van der Waals surface area contributed by atoms with E-state index in [-0.39, 0.29) is 0 Å². The number of aryl methyl sites for hydroxylation is 1. The number of nitrogens with one attached hydrogen (secondary N) is 2. The Morgan fingerprint density at radius 1 is 0.871 bits per heavy atom. The zero-order valence-corrected chi connectivity index (χ0v) is 17.3. The van der Waals surface area contributed by atoms with Gasteiger partial charge in [-0.25, -0.2) is 9.97 Å². The highest BCUT2D eigenvalue weighted by molar-refractivity contribution is 5.84. The van der Waals surface area contributed by atoms with E-state index in [9.17, 15) is 0 Å². The lowest BCUT2D eigenvalue weighted by molar-refractivity contribution is 0.983. The minimum Gasteiger partial charge on any atom is -0.370 e. The van der Waals surface area contributed by atoms with Crippen molar-refractivity contribution in [2.24, 2.45) is 0 Å².